The topological polar surface area (TPSA) is 30.3 Å². The molecule has 0 saturated carbocycles. The fourth-order valence-corrected chi connectivity index (χ4v) is 1.13. The zero-order valence-corrected chi connectivity index (χ0v) is 9.25. The average molecular weight is 183 g/mol. The van der Waals surface area contributed by atoms with Gasteiger partial charge in [-0.05, 0) is 27.1 Å². The second kappa shape index (κ2) is 6.88. The molecule has 0 N–H and O–H groups in total. The second-order valence-electron chi connectivity index (χ2n) is 3.31. The van der Waals surface area contributed by atoms with Crippen molar-refractivity contribution in [3.8, 4) is 6.07 Å². The summed E-state index contributed by atoms with van der Waals surface area (Å²) in [6, 6.07) is 2.26. The van der Waals surface area contributed by atoms with Crippen LogP contribution in [0.3, 0.4) is 0 Å². The molecule has 3 nitrogen and oxygen atoms in total. The highest BCUT2D eigenvalue weighted by atomic mass is 15.2. The van der Waals surface area contributed by atoms with Gasteiger partial charge in [-0.3, -0.25) is 4.90 Å². The summed E-state index contributed by atoms with van der Waals surface area (Å²) < 4.78 is 0. The average Bonchev–Trinajstić information content (AvgIpc) is 2.17. The second-order valence-corrected chi connectivity index (χ2v) is 3.31. The van der Waals surface area contributed by atoms with Crippen LogP contribution in [0.1, 0.15) is 20.8 Å². The van der Waals surface area contributed by atoms with Gasteiger partial charge < -0.3 is 4.90 Å². The van der Waals surface area contributed by atoms with E-state index in [1.165, 1.54) is 0 Å². The van der Waals surface area contributed by atoms with Gasteiger partial charge >= 0.3 is 0 Å². The van der Waals surface area contributed by atoms with Gasteiger partial charge in [-0.2, -0.15) is 5.26 Å². The molecule has 0 aliphatic heterocycles. The molecule has 0 heterocycles. The molecule has 0 radical (unpaired) electrons. The fraction of sp³-hybridized carbons (Fsp3) is 0.900. The number of likely N-dealkylation sites (N-methyl/N-ethyl adjacent to an activating group) is 2. The number of hydrogen-bond acceptors (Lipinski definition) is 3. The van der Waals surface area contributed by atoms with Gasteiger partial charge in [0.05, 0.1) is 12.1 Å². The van der Waals surface area contributed by atoms with Gasteiger partial charge in [-0.1, -0.05) is 13.8 Å². The van der Waals surface area contributed by atoms with Gasteiger partial charge in [0.1, 0.15) is 0 Å². The van der Waals surface area contributed by atoms with Gasteiger partial charge in [0, 0.05) is 13.1 Å². The molecule has 1 atom stereocenters. The Balaban J connectivity index is 3.69. The van der Waals surface area contributed by atoms with Crippen LogP contribution in [0.5, 0.6) is 0 Å². The summed E-state index contributed by atoms with van der Waals surface area (Å²) in [5.41, 5.74) is 0. The number of nitriles is 1. The summed E-state index contributed by atoms with van der Waals surface area (Å²) in [5, 5.41) is 8.68. The lowest BCUT2D eigenvalue weighted by Crippen LogP contribution is -2.36. The third-order valence-electron chi connectivity index (χ3n) is 2.51. The molecule has 1 unspecified atom stereocenters. The molecule has 76 valence electrons. The first-order chi connectivity index (χ1) is 6.15. The molecule has 0 aromatic carbocycles. The van der Waals surface area contributed by atoms with Crippen LogP contribution in [-0.4, -0.2) is 49.1 Å². The quantitative estimate of drug-likeness (QED) is 0.619. The Hall–Kier alpha value is -0.590. The van der Waals surface area contributed by atoms with Crippen molar-refractivity contribution < 1.29 is 0 Å². The summed E-state index contributed by atoms with van der Waals surface area (Å²) in [6.45, 7) is 10.5. The van der Waals surface area contributed by atoms with Crippen LogP contribution in [0, 0.1) is 11.3 Å². The van der Waals surface area contributed by atoms with Crippen LogP contribution in [0.25, 0.3) is 0 Å². The Morgan fingerprint density at radius 2 is 1.77 bits per heavy atom. The Labute approximate surface area is 81.9 Å². The fourth-order valence-electron chi connectivity index (χ4n) is 1.13. The maximum atomic E-state index is 8.68. The highest BCUT2D eigenvalue weighted by Crippen LogP contribution is 1.94. The first kappa shape index (κ1) is 12.4. The molecule has 0 aliphatic carbocycles. The maximum absolute atomic E-state index is 8.68. The molecular weight excluding hydrogens is 162 g/mol. The van der Waals surface area contributed by atoms with Crippen molar-refractivity contribution in [2.45, 2.75) is 26.8 Å². The molecule has 0 fully saturated rings. The van der Waals surface area contributed by atoms with Crippen molar-refractivity contribution in [3.05, 3.63) is 0 Å². The third-order valence-corrected chi connectivity index (χ3v) is 2.51. The predicted octanol–water partition coefficient (Wildman–Crippen LogP) is 1.17. The lowest BCUT2D eigenvalue weighted by atomic mass is 10.3. The third kappa shape index (κ3) is 4.87. The van der Waals surface area contributed by atoms with Crippen molar-refractivity contribution in [1.82, 2.24) is 9.80 Å². The largest absolute Gasteiger partial charge is 0.303 e. The minimum Gasteiger partial charge on any atom is -0.303 e. The monoisotopic (exact) mass is 183 g/mol. The summed E-state index contributed by atoms with van der Waals surface area (Å²) in [6.07, 6.45) is 0. The first-order valence-electron chi connectivity index (χ1n) is 4.97. The lowest BCUT2D eigenvalue weighted by molar-refractivity contribution is 0.227. The molecule has 0 spiro atoms. The van der Waals surface area contributed by atoms with Gasteiger partial charge in [-0.15, -0.1) is 0 Å². The number of nitrogens with zero attached hydrogens (tertiary/aromatic N) is 3. The van der Waals surface area contributed by atoms with E-state index in [0.29, 0.717) is 0 Å². The van der Waals surface area contributed by atoms with Crippen molar-refractivity contribution >= 4 is 0 Å². The van der Waals surface area contributed by atoms with E-state index >= 15 is 0 Å². The van der Waals surface area contributed by atoms with Gasteiger partial charge in [0.25, 0.3) is 0 Å². The van der Waals surface area contributed by atoms with Gasteiger partial charge in [0.15, 0.2) is 0 Å². The van der Waals surface area contributed by atoms with Crippen LogP contribution < -0.4 is 0 Å². The highest BCUT2D eigenvalue weighted by molar-refractivity contribution is 4.86. The summed E-state index contributed by atoms with van der Waals surface area (Å²) in [4.78, 5) is 4.44. The van der Waals surface area contributed by atoms with Crippen LogP contribution in [0.2, 0.25) is 0 Å². The highest BCUT2D eigenvalue weighted by Gasteiger charge is 2.08. The molecule has 0 aromatic rings. The maximum Gasteiger partial charge on any atom is 0.0947 e. The van der Waals surface area contributed by atoms with E-state index in [-0.39, 0.29) is 6.04 Å². The Morgan fingerprint density at radius 3 is 2.15 bits per heavy atom. The van der Waals surface area contributed by atoms with E-state index in [4.69, 9.17) is 5.26 Å². The standard InChI is InChI=1S/C10H21N3/c1-5-13(6-2)8-7-12(4)10(3)9-11/h10H,5-8H2,1-4H3. The van der Waals surface area contributed by atoms with E-state index in [1.54, 1.807) is 0 Å². The predicted molar refractivity (Wildman–Crippen MR) is 55.5 cm³/mol. The molecule has 0 amide bonds. The Bertz CT molecular complexity index is 158. The van der Waals surface area contributed by atoms with E-state index in [0.717, 1.165) is 26.2 Å². The first-order valence-corrected chi connectivity index (χ1v) is 4.97. The smallest absolute Gasteiger partial charge is 0.0947 e. The van der Waals surface area contributed by atoms with E-state index in [9.17, 15) is 0 Å². The van der Waals surface area contributed by atoms with Crippen molar-refractivity contribution in [2.24, 2.45) is 0 Å². The zero-order valence-electron chi connectivity index (χ0n) is 9.25. The molecule has 13 heavy (non-hydrogen) atoms. The van der Waals surface area contributed by atoms with E-state index in [1.807, 2.05) is 14.0 Å². The molecule has 0 aliphatic rings. The van der Waals surface area contributed by atoms with Crippen LogP contribution in [0.4, 0.5) is 0 Å². The van der Waals surface area contributed by atoms with Crippen LogP contribution in [0.15, 0.2) is 0 Å². The number of rotatable bonds is 6. The Kier molecular flexibility index (Phi) is 6.56. The molecule has 0 bridgehead atoms. The SMILES string of the molecule is CCN(CC)CCN(C)C(C)C#N. The minimum absolute atomic E-state index is 0.0237. The molecule has 0 aromatic heterocycles. The van der Waals surface area contributed by atoms with Crippen molar-refractivity contribution in [3.63, 3.8) is 0 Å². The molecular formula is C10H21N3. The van der Waals surface area contributed by atoms with Gasteiger partial charge in [-0.25, -0.2) is 0 Å². The summed E-state index contributed by atoms with van der Waals surface area (Å²) in [5.74, 6) is 0. The minimum atomic E-state index is 0.0237. The molecule has 0 rings (SSSR count). The summed E-state index contributed by atoms with van der Waals surface area (Å²) in [7, 11) is 2.00. The van der Waals surface area contributed by atoms with Crippen molar-refractivity contribution in [2.75, 3.05) is 33.2 Å². The normalized spacial score (nSPS) is 13.3. The summed E-state index contributed by atoms with van der Waals surface area (Å²) >= 11 is 0. The lowest BCUT2D eigenvalue weighted by Gasteiger charge is -2.24. The zero-order chi connectivity index (χ0) is 10.3. The van der Waals surface area contributed by atoms with Crippen LogP contribution >= 0.6 is 0 Å². The van der Waals surface area contributed by atoms with Crippen molar-refractivity contribution in [1.29, 1.82) is 5.26 Å². The molecule has 3 heteroatoms. The molecule has 0 saturated heterocycles. The van der Waals surface area contributed by atoms with E-state index < -0.39 is 0 Å². The van der Waals surface area contributed by atoms with E-state index in [2.05, 4.69) is 29.7 Å². The van der Waals surface area contributed by atoms with Gasteiger partial charge in [0.2, 0.25) is 0 Å². The number of hydrogen-bond donors (Lipinski definition) is 0. The Morgan fingerprint density at radius 1 is 1.23 bits per heavy atom. The van der Waals surface area contributed by atoms with Crippen LogP contribution in [-0.2, 0) is 0 Å².